The Hall–Kier alpha value is -1.09. The number of nitrogens with zero attached hydrogens (tertiary/aromatic N) is 1. The molecule has 0 saturated heterocycles. The molecule has 0 radical (unpaired) electrons. The van der Waals surface area contributed by atoms with Crippen molar-refractivity contribution in [3.05, 3.63) is 23.9 Å². The van der Waals surface area contributed by atoms with E-state index in [-0.39, 0.29) is 0 Å². The van der Waals surface area contributed by atoms with Gasteiger partial charge in [-0.25, -0.2) is 4.98 Å². The summed E-state index contributed by atoms with van der Waals surface area (Å²) in [6.45, 7) is 3.77. The molecule has 1 aromatic rings. The number of hydrogen-bond donors (Lipinski definition) is 1. The zero-order valence-corrected chi connectivity index (χ0v) is 10.3. The van der Waals surface area contributed by atoms with Crippen molar-refractivity contribution in [2.24, 2.45) is 0 Å². The van der Waals surface area contributed by atoms with E-state index in [9.17, 15) is 0 Å². The largest absolute Gasteiger partial charge is 0.478 e. The maximum Gasteiger partial charge on any atom is 0.213 e. The minimum Gasteiger partial charge on any atom is -0.478 e. The van der Waals surface area contributed by atoms with Crippen molar-refractivity contribution in [1.29, 1.82) is 0 Å². The third-order valence-corrected chi connectivity index (χ3v) is 2.39. The van der Waals surface area contributed by atoms with Gasteiger partial charge in [-0.05, 0) is 19.5 Å². The Morgan fingerprint density at radius 3 is 2.88 bits per heavy atom. The fourth-order valence-electron chi connectivity index (χ4n) is 1.52. The second-order valence-corrected chi connectivity index (χ2v) is 3.91. The fourth-order valence-corrected chi connectivity index (χ4v) is 1.52. The summed E-state index contributed by atoms with van der Waals surface area (Å²) in [4.78, 5) is 4.40. The Labute approximate surface area is 98.2 Å². The summed E-state index contributed by atoms with van der Waals surface area (Å²) in [7, 11) is 1.92. The van der Waals surface area contributed by atoms with Gasteiger partial charge in [-0.1, -0.05) is 32.3 Å². The van der Waals surface area contributed by atoms with Crippen LogP contribution in [0.25, 0.3) is 0 Å². The van der Waals surface area contributed by atoms with Crippen LogP contribution in [0.1, 0.15) is 38.3 Å². The zero-order valence-electron chi connectivity index (χ0n) is 10.3. The van der Waals surface area contributed by atoms with E-state index in [0.717, 1.165) is 31.1 Å². The van der Waals surface area contributed by atoms with Crippen LogP contribution in [0.3, 0.4) is 0 Å². The Balaban J connectivity index is 2.27. The molecule has 0 aliphatic heterocycles. The maximum atomic E-state index is 5.60. The number of pyridine rings is 1. The average molecular weight is 222 g/mol. The van der Waals surface area contributed by atoms with Gasteiger partial charge in [0.05, 0.1) is 12.3 Å². The van der Waals surface area contributed by atoms with Gasteiger partial charge in [-0.15, -0.1) is 0 Å². The van der Waals surface area contributed by atoms with Crippen LogP contribution in [-0.2, 0) is 6.54 Å². The van der Waals surface area contributed by atoms with Gasteiger partial charge in [-0.2, -0.15) is 0 Å². The SMILES string of the molecule is CCCCCCOc1cccc(CNC)n1. The molecule has 0 amide bonds. The number of hydrogen-bond acceptors (Lipinski definition) is 3. The van der Waals surface area contributed by atoms with Crippen LogP contribution in [0.15, 0.2) is 18.2 Å². The van der Waals surface area contributed by atoms with Crippen LogP contribution >= 0.6 is 0 Å². The van der Waals surface area contributed by atoms with Gasteiger partial charge >= 0.3 is 0 Å². The molecule has 1 rings (SSSR count). The van der Waals surface area contributed by atoms with Gasteiger partial charge in [0.25, 0.3) is 0 Å². The lowest BCUT2D eigenvalue weighted by Gasteiger charge is -2.06. The third-order valence-electron chi connectivity index (χ3n) is 2.39. The first-order valence-electron chi connectivity index (χ1n) is 6.10. The van der Waals surface area contributed by atoms with Crippen molar-refractivity contribution in [1.82, 2.24) is 10.3 Å². The Morgan fingerprint density at radius 1 is 1.25 bits per heavy atom. The van der Waals surface area contributed by atoms with Gasteiger partial charge in [0.15, 0.2) is 0 Å². The summed E-state index contributed by atoms with van der Waals surface area (Å²) in [6.07, 6.45) is 4.91. The second kappa shape index (κ2) is 8.11. The maximum absolute atomic E-state index is 5.60. The van der Waals surface area contributed by atoms with E-state index < -0.39 is 0 Å². The van der Waals surface area contributed by atoms with Crippen molar-refractivity contribution in [3.8, 4) is 5.88 Å². The van der Waals surface area contributed by atoms with E-state index in [1.165, 1.54) is 19.3 Å². The highest BCUT2D eigenvalue weighted by molar-refractivity contribution is 5.15. The third kappa shape index (κ3) is 5.12. The lowest BCUT2D eigenvalue weighted by Crippen LogP contribution is -2.08. The van der Waals surface area contributed by atoms with E-state index in [2.05, 4.69) is 17.2 Å². The van der Waals surface area contributed by atoms with Crippen LogP contribution in [0.4, 0.5) is 0 Å². The smallest absolute Gasteiger partial charge is 0.213 e. The molecule has 0 aromatic carbocycles. The molecule has 0 fully saturated rings. The lowest BCUT2D eigenvalue weighted by molar-refractivity contribution is 0.293. The van der Waals surface area contributed by atoms with Gasteiger partial charge in [0.2, 0.25) is 5.88 Å². The molecule has 0 aliphatic rings. The molecule has 0 bridgehead atoms. The van der Waals surface area contributed by atoms with E-state index in [4.69, 9.17) is 4.74 Å². The van der Waals surface area contributed by atoms with Crippen molar-refractivity contribution in [3.63, 3.8) is 0 Å². The molecule has 0 atom stereocenters. The van der Waals surface area contributed by atoms with Crippen molar-refractivity contribution >= 4 is 0 Å². The van der Waals surface area contributed by atoms with Gasteiger partial charge in [-0.3, -0.25) is 0 Å². The number of aromatic nitrogens is 1. The van der Waals surface area contributed by atoms with Gasteiger partial charge < -0.3 is 10.1 Å². The Bertz CT molecular complexity index is 289. The van der Waals surface area contributed by atoms with Crippen LogP contribution in [0, 0.1) is 0 Å². The Morgan fingerprint density at radius 2 is 2.12 bits per heavy atom. The summed E-state index contributed by atoms with van der Waals surface area (Å²) in [5, 5.41) is 3.08. The summed E-state index contributed by atoms with van der Waals surface area (Å²) < 4.78 is 5.60. The summed E-state index contributed by atoms with van der Waals surface area (Å²) >= 11 is 0. The average Bonchev–Trinajstić information content (AvgIpc) is 2.30. The van der Waals surface area contributed by atoms with E-state index in [1.807, 2.05) is 25.2 Å². The van der Waals surface area contributed by atoms with Crippen LogP contribution in [0.5, 0.6) is 5.88 Å². The molecular weight excluding hydrogens is 200 g/mol. The number of nitrogens with one attached hydrogen (secondary N) is 1. The monoisotopic (exact) mass is 222 g/mol. The molecule has 90 valence electrons. The Kier molecular flexibility index (Phi) is 6.58. The summed E-state index contributed by atoms with van der Waals surface area (Å²) in [5.74, 6) is 0.740. The standard InChI is InChI=1S/C13H22N2O/c1-3-4-5-6-10-16-13-9-7-8-12(15-13)11-14-2/h7-9,14H,3-6,10-11H2,1-2H3. The van der Waals surface area contributed by atoms with E-state index in [1.54, 1.807) is 0 Å². The minimum atomic E-state index is 0.740. The zero-order chi connectivity index (χ0) is 11.6. The van der Waals surface area contributed by atoms with Gasteiger partial charge in [0.1, 0.15) is 0 Å². The molecule has 16 heavy (non-hydrogen) atoms. The molecule has 3 nitrogen and oxygen atoms in total. The highest BCUT2D eigenvalue weighted by Gasteiger charge is 1.97. The topological polar surface area (TPSA) is 34.1 Å². The van der Waals surface area contributed by atoms with Gasteiger partial charge in [0, 0.05) is 12.6 Å². The summed E-state index contributed by atoms with van der Waals surface area (Å²) in [5.41, 5.74) is 1.02. The van der Waals surface area contributed by atoms with Crippen molar-refractivity contribution < 1.29 is 4.74 Å². The molecule has 0 aliphatic carbocycles. The first-order valence-corrected chi connectivity index (χ1v) is 6.10. The van der Waals surface area contributed by atoms with Crippen molar-refractivity contribution in [2.75, 3.05) is 13.7 Å². The predicted molar refractivity (Wildman–Crippen MR) is 66.6 cm³/mol. The normalized spacial score (nSPS) is 10.4. The highest BCUT2D eigenvalue weighted by atomic mass is 16.5. The first kappa shape index (κ1) is 13.0. The minimum absolute atomic E-state index is 0.740. The number of unbranched alkanes of at least 4 members (excludes halogenated alkanes) is 3. The van der Waals surface area contributed by atoms with Crippen molar-refractivity contribution in [2.45, 2.75) is 39.2 Å². The highest BCUT2D eigenvalue weighted by Crippen LogP contribution is 2.08. The fraction of sp³-hybridized carbons (Fsp3) is 0.615. The molecule has 0 saturated carbocycles. The summed E-state index contributed by atoms with van der Waals surface area (Å²) in [6, 6.07) is 5.90. The number of rotatable bonds is 8. The molecule has 1 heterocycles. The molecule has 3 heteroatoms. The van der Waals surface area contributed by atoms with Crippen LogP contribution < -0.4 is 10.1 Å². The molecule has 0 unspecified atom stereocenters. The predicted octanol–water partition coefficient (Wildman–Crippen LogP) is 2.76. The molecular formula is C13H22N2O. The molecule has 1 aromatic heterocycles. The van der Waals surface area contributed by atoms with Crippen LogP contribution in [0.2, 0.25) is 0 Å². The lowest BCUT2D eigenvalue weighted by atomic mass is 10.2. The van der Waals surface area contributed by atoms with Crippen LogP contribution in [-0.4, -0.2) is 18.6 Å². The quantitative estimate of drug-likeness (QED) is 0.687. The molecule has 1 N–H and O–H groups in total. The first-order chi connectivity index (χ1) is 7.86. The van der Waals surface area contributed by atoms with E-state index >= 15 is 0 Å². The number of ether oxygens (including phenoxy) is 1. The molecule has 0 spiro atoms. The second-order valence-electron chi connectivity index (χ2n) is 3.91. The van der Waals surface area contributed by atoms with E-state index in [0.29, 0.717) is 0 Å².